The molecule has 2 aromatic heterocycles. The highest BCUT2D eigenvalue weighted by Crippen LogP contribution is 2.26. The van der Waals surface area contributed by atoms with E-state index in [0.717, 1.165) is 26.3 Å². The molecule has 4 aromatic rings. The summed E-state index contributed by atoms with van der Waals surface area (Å²) in [4.78, 5) is 45.7. The number of nitrogens with zero attached hydrogens (tertiary/aromatic N) is 4. The van der Waals surface area contributed by atoms with Crippen LogP contribution in [0.1, 0.15) is 36.8 Å². The Bertz CT molecular complexity index is 1610. The Hall–Kier alpha value is -3.95. The molecular weight excluding hydrogens is 484 g/mol. The summed E-state index contributed by atoms with van der Waals surface area (Å²) in [5.74, 6) is -0.399. The number of rotatable bonds is 6. The predicted octanol–water partition coefficient (Wildman–Crippen LogP) is 3.01. The van der Waals surface area contributed by atoms with Crippen molar-refractivity contribution in [3.8, 4) is 11.1 Å². The van der Waals surface area contributed by atoms with Gasteiger partial charge in [0.1, 0.15) is 17.9 Å². The van der Waals surface area contributed by atoms with Crippen LogP contribution in [0.5, 0.6) is 0 Å². The highest BCUT2D eigenvalue weighted by Gasteiger charge is 2.38. The van der Waals surface area contributed by atoms with Gasteiger partial charge in [0, 0.05) is 26.3 Å². The monoisotopic (exact) mass is 516 g/mol. The second-order valence-corrected chi connectivity index (χ2v) is 10.7. The summed E-state index contributed by atoms with van der Waals surface area (Å²) in [5.41, 5.74) is 1.45. The molecule has 9 nitrogen and oxygen atoms in total. The summed E-state index contributed by atoms with van der Waals surface area (Å²) in [5, 5.41) is 11.6. The minimum Gasteiger partial charge on any atom is -0.386 e. The maximum Gasteiger partial charge on any atom is 0.331 e. The average Bonchev–Trinajstić information content (AvgIpc) is 3.45. The molecule has 0 saturated carbocycles. The lowest BCUT2D eigenvalue weighted by Crippen LogP contribution is -2.40. The number of carbonyl (C=O) groups is 1. The summed E-state index contributed by atoms with van der Waals surface area (Å²) in [6.45, 7) is 6.19. The molecule has 1 atom stereocenters. The van der Waals surface area contributed by atoms with E-state index in [9.17, 15) is 19.5 Å². The van der Waals surface area contributed by atoms with Crippen LogP contribution in [0.4, 0.5) is 0 Å². The molecule has 0 radical (unpaired) electrons. The molecule has 5 rings (SSSR count). The van der Waals surface area contributed by atoms with E-state index in [2.05, 4.69) is 0 Å². The maximum absolute atomic E-state index is 13.8. The van der Waals surface area contributed by atoms with Crippen molar-refractivity contribution in [2.75, 3.05) is 13.2 Å². The number of aliphatic hydroxyl groups is 1. The van der Waals surface area contributed by atoms with Crippen LogP contribution < -0.4 is 11.2 Å². The molecule has 1 N–H and O–H groups in total. The van der Waals surface area contributed by atoms with Crippen molar-refractivity contribution in [3.05, 3.63) is 92.9 Å². The number of amides is 1. The van der Waals surface area contributed by atoms with Crippen molar-refractivity contribution in [1.29, 1.82) is 0 Å². The van der Waals surface area contributed by atoms with Crippen molar-refractivity contribution in [2.45, 2.75) is 39.5 Å². The van der Waals surface area contributed by atoms with Crippen molar-refractivity contribution in [2.24, 2.45) is 13.0 Å². The third kappa shape index (κ3) is 4.70. The van der Waals surface area contributed by atoms with Crippen LogP contribution in [0.2, 0.25) is 0 Å². The van der Waals surface area contributed by atoms with Gasteiger partial charge in [0.15, 0.2) is 0 Å². The van der Waals surface area contributed by atoms with Gasteiger partial charge in [-0.05, 0) is 29.5 Å². The number of hydrogen-bond donors (Lipinski definition) is 1. The van der Waals surface area contributed by atoms with Crippen LogP contribution >= 0.6 is 0 Å². The Morgan fingerprint density at radius 3 is 2.32 bits per heavy atom. The van der Waals surface area contributed by atoms with Gasteiger partial charge in [0.05, 0.1) is 17.4 Å². The van der Waals surface area contributed by atoms with Crippen molar-refractivity contribution >= 4 is 16.8 Å². The van der Waals surface area contributed by atoms with Crippen LogP contribution in [0, 0.1) is 5.92 Å². The highest BCUT2D eigenvalue weighted by atomic mass is 16.7. The van der Waals surface area contributed by atoms with E-state index in [0.29, 0.717) is 18.6 Å². The van der Waals surface area contributed by atoms with Gasteiger partial charge >= 0.3 is 5.69 Å². The molecular formula is C29H32N4O5. The van der Waals surface area contributed by atoms with Crippen LogP contribution in [-0.2, 0) is 25.0 Å². The zero-order valence-corrected chi connectivity index (χ0v) is 22.0. The van der Waals surface area contributed by atoms with Crippen LogP contribution in [0.3, 0.4) is 0 Å². The number of carbonyl (C=O) groups excluding carboxylic acids is 1. The Morgan fingerprint density at radius 2 is 1.71 bits per heavy atom. The van der Waals surface area contributed by atoms with Crippen LogP contribution in [0.15, 0.2) is 70.4 Å². The Kier molecular flexibility index (Phi) is 6.58. The van der Waals surface area contributed by atoms with Gasteiger partial charge in [0.2, 0.25) is 0 Å². The van der Waals surface area contributed by atoms with Gasteiger partial charge in [-0.25, -0.2) is 9.86 Å². The lowest BCUT2D eigenvalue weighted by atomic mass is 10.0. The summed E-state index contributed by atoms with van der Waals surface area (Å²) < 4.78 is 4.30. The summed E-state index contributed by atoms with van der Waals surface area (Å²) in [6.07, 6.45) is 1.70. The van der Waals surface area contributed by atoms with E-state index < -0.39 is 22.8 Å². The van der Waals surface area contributed by atoms with Gasteiger partial charge < -0.3 is 9.67 Å². The molecule has 0 aliphatic carbocycles. The summed E-state index contributed by atoms with van der Waals surface area (Å²) in [7, 11) is 1.42. The Morgan fingerprint density at radius 1 is 1.05 bits per heavy atom. The van der Waals surface area contributed by atoms with Crippen LogP contribution in [0.25, 0.3) is 22.0 Å². The molecule has 38 heavy (non-hydrogen) atoms. The number of fused-ring (bicyclic) bond motifs is 1. The Labute approximate surface area is 220 Å². The largest absolute Gasteiger partial charge is 0.386 e. The second-order valence-electron chi connectivity index (χ2n) is 10.7. The topological polar surface area (TPSA) is 98.7 Å². The molecule has 1 fully saturated rings. The molecule has 1 amide bonds. The lowest BCUT2D eigenvalue weighted by molar-refractivity contribution is -0.0801. The molecule has 198 valence electrons. The number of benzene rings is 2. The van der Waals surface area contributed by atoms with Crippen molar-refractivity contribution < 1.29 is 14.7 Å². The lowest BCUT2D eigenvalue weighted by Gasteiger charge is -2.18. The first kappa shape index (κ1) is 25.7. The smallest absolute Gasteiger partial charge is 0.331 e. The number of β-amino-alcohol motifs (C(OH)–C–C–N with tert-alkyl or cyclic N) is 1. The van der Waals surface area contributed by atoms with E-state index in [1.807, 2.05) is 68.4 Å². The molecule has 1 aliphatic heterocycles. The van der Waals surface area contributed by atoms with E-state index >= 15 is 0 Å². The standard InChI is InChI=1S/C29H32N4O5/c1-19(2)14-32-23-16-31(15-20-10-12-22(13-11-20)21-8-6-5-7-9-21)25(24(23)26(34)30(4)28(32)36)27(35)33-17-29(3,37)18-38-33/h5-13,16,19,37H,14-15,17-18H2,1-4H3/t29-/m0/s1. The van der Waals surface area contributed by atoms with Gasteiger partial charge in [-0.15, -0.1) is 0 Å². The third-order valence-electron chi connectivity index (χ3n) is 6.79. The van der Waals surface area contributed by atoms with Gasteiger partial charge in [-0.2, -0.15) is 0 Å². The van der Waals surface area contributed by atoms with Gasteiger partial charge in [-0.3, -0.25) is 23.6 Å². The first-order valence-corrected chi connectivity index (χ1v) is 12.7. The molecule has 0 spiro atoms. The van der Waals surface area contributed by atoms with E-state index in [1.54, 1.807) is 22.3 Å². The molecule has 3 heterocycles. The first-order valence-electron chi connectivity index (χ1n) is 12.7. The number of hydrogen-bond acceptors (Lipinski definition) is 5. The molecule has 1 aliphatic rings. The molecule has 0 unspecified atom stereocenters. The fourth-order valence-electron chi connectivity index (χ4n) is 4.89. The zero-order chi connectivity index (χ0) is 27.2. The average molecular weight is 517 g/mol. The Balaban J connectivity index is 1.65. The predicted molar refractivity (Wildman–Crippen MR) is 145 cm³/mol. The van der Waals surface area contributed by atoms with Gasteiger partial charge in [0.25, 0.3) is 11.5 Å². The minimum absolute atomic E-state index is 0.0315. The van der Waals surface area contributed by atoms with Crippen molar-refractivity contribution in [3.63, 3.8) is 0 Å². The van der Waals surface area contributed by atoms with E-state index in [1.165, 1.54) is 7.05 Å². The molecule has 9 heteroatoms. The molecule has 1 saturated heterocycles. The first-order chi connectivity index (χ1) is 18.1. The minimum atomic E-state index is -1.19. The normalized spacial score (nSPS) is 17.6. The van der Waals surface area contributed by atoms with Crippen molar-refractivity contribution in [1.82, 2.24) is 18.8 Å². The maximum atomic E-state index is 13.8. The molecule has 2 aromatic carbocycles. The SMILES string of the molecule is CC(C)Cn1c(=O)n(C)c(=O)c2c(C(=O)N3C[C@](C)(O)CO3)n(Cc3ccc(-c4ccccc4)cc3)cc21. The van der Waals surface area contributed by atoms with Gasteiger partial charge in [-0.1, -0.05) is 68.4 Å². The quantitative estimate of drug-likeness (QED) is 0.425. The summed E-state index contributed by atoms with van der Waals surface area (Å²) >= 11 is 0. The molecule has 0 bridgehead atoms. The highest BCUT2D eigenvalue weighted by molar-refractivity contribution is 6.05. The number of aromatic nitrogens is 3. The zero-order valence-electron chi connectivity index (χ0n) is 22.0. The van der Waals surface area contributed by atoms with E-state index in [4.69, 9.17) is 4.84 Å². The second kappa shape index (κ2) is 9.74. The van der Waals surface area contributed by atoms with Crippen LogP contribution in [-0.4, -0.2) is 48.5 Å². The fourth-order valence-corrected chi connectivity index (χ4v) is 4.89. The summed E-state index contributed by atoms with van der Waals surface area (Å²) in [6, 6.07) is 18.0. The van der Waals surface area contributed by atoms with E-state index in [-0.39, 0.29) is 30.1 Å². The third-order valence-corrected chi connectivity index (χ3v) is 6.79. The fraction of sp³-hybridized carbons (Fsp3) is 0.345. The number of hydroxylamine groups is 2.